The molecule has 0 unspecified atom stereocenters. The topological polar surface area (TPSA) is 0 Å². The molecule has 0 aliphatic rings. The van der Waals surface area contributed by atoms with Crippen molar-refractivity contribution >= 4 is 27.7 Å². The Morgan fingerprint density at radius 2 is 1.81 bits per heavy atom. The minimum Gasteiger partial charge on any atom is -0.160 e. The third-order valence-electron chi connectivity index (χ3n) is 2.13. The van der Waals surface area contributed by atoms with Crippen LogP contribution in [0.15, 0.2) is 28.7 Å². The zero-order valence-corrected chi connectivity index (χ0v) is 11.1. The van der Waals surface area contributed by atoms with E-state index in [1.54, 1.807) is 6.92 Å². The molecule has 0 N–H and O–H groups in total. The summed E-state index contributed by atoms with van der Waals surface area (Å²) >= 11 is 3.38. The van der Waals surface area contributed by atoms with Crippen LogP contribution in [0, 0.1) is 0 Å². The number of benzene rings is 1. The van der Waals surface area contributed by atoms with Gasteiger partial charge >= 0.3 is 5.51 Å². The van der Waals surface area contributed by atoms with Gasteiger partial charge in [0.25, 0.3) is 0 Å². The quantitative estimate of drug-likeness (QED) is 0.752. The van der Waals surface area contributed by atoms with Crippen LogP contribution in [0.2, 0.25) is 0 Å². The molecule has 0 spiro atoms. The van der Waals surface area contributed by atoms with Gasteiger partial charge in [-0.1, -0.05) is 35.0 Å². The molecule has 0 amide bonds. The van der Waals surface area contributed by atoms with E-state index in [1.165, 1.54) is 0 Å². The zero-order chi connectivity index (χ0) is 12.2. The Hall–Kier alpha value is -0.160. The molecule has 0 aliphatic carbocycles. The van der Waals surface area contributed by atoms with Gasteiger partial charge in [0.2, 0.25) is 0 Å². The van der Waals surface area contributed by atoms with Gasteiger partial charge in [0, 0.05) is 9.72 Å². The predicted molar refractivity (Wildman–Crippen MR) is 65.6 cm³/mol. The molecule has 0 saturated carbocycles. The van der Waals surface area contributed by atoms with Gasteiger partial charge in [-0.3, -0.25) is 0 Å². The maximum Gasteiger partial charge on any atom is 0.442 e. The standard InChI is InChI=1S/C11H12BrF3S/c1-2-10(16-11(13,14)15)7-8-3-5-9(12)6-4-8/h3-6,10H,2,7H2,1H3/t10-/m1/s1. The lowest BCUT2D eigenvalue weighted by Gasteiger charge is -2.16. The second kappa shape index (κ2) is 5.96. The smallest absolute Gasteiger partial charge is 0.160 e. The Bertz CT molecular complexity index is 321. The Morgan fingerprint density at radius 3 is 2.25 bits per heavy atom. The summed E-state index contributed by atoms with van der Waals surface area (Å²) in [6.45, 7) is 1.78. The summed E-state index contributed by atoms with van der Waals surface area (Å²) in [4.78, 5) is 0. The summed E-state index contributed by atoms with van der Waals surface area (Å²) in [5.41, 5.74) is -3.21. The predicted octanol–water partition coefficient (Wildman–Crippen LogP) is 5.02. The van der Waals surface area contributed by atoms with Crippen LogP contribution in [0.3, 0.4) is 0 Å². The summed E-state index contributed by atoms with van der Waals surface area (Å²) < 4.78 is 37.6. The van der Waals surface area contributed by atoms with Crippen molar-refractivity contribution in [3.63, 3.8) is 0 Å². The van der Waals surface area contributed by atoms with Gasteiger partial charge < -0.3 is 0 Å². The number of halogens is 4. The van der Waals surface area contributed by atoms with Crippen LogP contribution >= 0.6 is 27.7 Å². The summed E-state index contributed by atoms with van der Waals surface area (Å²) in [6, 6.07) is 7.40. The first-order valence-corrected chi connectivity index (χ1v) is 6.57. The van der Waals surface area contributed by atoms with Crippen molar-refractivity contribution in [1.82, 2.24) is 0 Å². The van der Waals surface area contributed by atoms with Crippen LogP contribution in [-0.4, -0.2) is 10.8 Å². The number of alkyl halides is 3. The second-order valence-corrected chi connectivity index (χ2v) is 5.71. The van der Waals surface area contributed by atoms with Crippen LogP contribution in [0.25, 0.3) is 0 Å². The minimum absolute atomic E-state index is 0.0892. The van der Waals surface area contributed by atoms with E-state index in [-0.39, 0.29) is 11.8 Å². The lowest BCUT2D eigenvalue weighted by molar-refractivity contribution is -0.0334. The highest BCUT2D eigenvalue weighted by Gasteiger charge is 2.32. The van der Waals surface area contributed by atoms with Crippen LogP contribution in [-0.2, 0) is 6.42 Å². The fourth-order valence-electron chi connectivity index (χ4n) is 1.34. The van der Waals surface area contributed by atoms with E-state index >= 15 is 0 Å². The number of hydrogen-bond acceptors (Lipinski definition) is 1. The van der Waals surface area contributed by atoms with Gasteiger partial charge in [-0.15, -0.1) is 0 Å². The highest BCUT2D eigenvalue weighted by atomic mass is 79.9. The molecule has 1 atom stereocenters. The lowest BCUT2D eigenvalue weighted by atomic mass is 10.1. The molecule has 0 fully saturated rings. The van der Waals surface area contributed by atoms with Crippen molar-refractivity contribution < 1.29 is 13.2 Å². The largest absolute Gasteiger partial charge is 0.442 e. The van der Waals surface area contributed by atoms with Crippen molar-refractivity contribution in [3.8, 4) is 0 Å². The van der Waals surface area contributed by atoms with Gasteiger partial charge in [0.05, 0.1) is 0 Å². The SMILES string of the molecule is CC[C@H](Cc1ccc(Br)cc1)SC(F)(F)F. The lowest BCUT2D eigenvalue weighted by Crippen LogP contribution is -2.13. The molecule has 0 bridgehead atoms. The third kappa shape index (κ3) is 5.25. The Morgan fingerprint density at radius 1 is 1.25 bits per heavy atom. The van der Waals surface area contributed by atoms with E-state index in [4.69, 9.17) is 0 Å². The van der Waals surface area contributed by atoms with E-state index in [1.807, 2.05) is 24.3 Å². The highest BCUT2D eigenvalue weighted by molar-refractivity contribution is 9.10. The van der Waals surface area contributed by atoms with Crippen molar-refractivity contribution in [2.24, 2.45) is 0 Å². The van der Waals surface area contributed by atoms with E-state index in [2.05, 4.69) is 15.9 Å². The Balaban J connectivity index is 2.60. The van der Waals surface area contributed by atoms with Crippen LogP contribution in [0.4, 0.5) is 13.2 Å². The maximum absolute atomic E-state index is 12.2. The number of thioether (sulfide) groups is 1. The normalized spacial score (nSPS) is 13.8. The molecule has 1 aromatic rings. The number of hydrogen-bond donors (Lipinski definition) is 0. The maximum atomic E-state index is 12.2. The van der Waals surface area contributed by atoms with Crippen molar-refractivity contribution in [2.45, 2.75) is 30.5 Å². The summed E-state index contributed by atoms with van der Waals surface area (Å²) in [6.07, 6.45) is 0.966. The molecule has 0 heterocycles. The fourth-order valence-corrected chi connectivity index (χ4v) is 2.43. The van der Waals surface area contributed by atoms with E-state index < -0.39 is 10.8 Å². The molecule has 0 aliphatic heterocycles. The molecular formula is C11H12BrF3S. The molecular weight excluding hydrogens is 301 g/mol. The second-order valence-electron chi connectivity index (χ2n) is 3.42. The Labute approximate surface area is 106 Å². The van der Waals surface area contributed by atoms with Gasteiger partial charge in [0.1, 0.15) is 0 Å². The summed E-state index contributed by atoms with van der Waals surface area (Å²) in [5, 5.41) is -0.402. The van der Waals surface area contributed by atoms with Gasteiger partial charge in [0.15, 0.2) is 0 Å². The molecule has 0 radical (unpaired) electrons. The van der Waals surface area contributed by atoms with E-state index in [0.29, 0.717) is 12.8 Å². The summed E-state index contributed by atoms with van der Waals surface area (Å²) in [7, 11) is 0. The first-order valence-electron chi connectivity index (χ1n) is 4.89. The molecule has 5 heteroatoms. The van der Waals surface area contributed by atoms with Gasteiger partial charge in [-0.2, -0.15) is 13.2 Å². The molecule has 16 heavy (non-hydrogen) atoms. The zero-order valence-electron chi connectivity index (χ0n) is 8.72. The highest BCUT2D eigenvalue weighted by Crippen LogP contribution is 2.36. The van der Waals surface area contributed by atoms with E-state index in [9.17, 15) is 13.2 Å². The molecule has 0 saturated heterocycles. The van der Waals surface area contributed by atoms with Crippen LogP contribution in [0.5, 0.6) is 0 Å². The summed E-state index contributed by atoms with van der Waals surface area (Å²) in [5.74, 6) is 0. The number of rotatable bonds is 4. The first kappa shape index (κ1) is 13.9. The molecule has 0 aromatic heterocycles. The minimum atomic E-state index is -4.14. The van der Waals surface area contributed by atoms with E-state index in [0.717, 1.165) is 10.0 Å². The Kier molecular flexibility index (Phi) is 5.18. The third-order valence-corrected chi connectivity index (χ3v) is 3.76. The average molecular weight is 313 g/mol. The van der Waals surface area contributed by atoms with Crippen molar-refractivity contribution in [1.29, 1.82) is 0 Å². The molecule has 0 nitrogen and oxygen atoms in total. The fraction of sp³-hybridized carbons (Fsp3) is 0.455. The van der Waals surface area contributed by atoms with Gasteiger partial charge in [-0.05, 0) is 42.3 Å². The van der Waals surface area contributed by atoms with Gasteiger partial charge in [-0.25, -0.2) is 0 Å². The van der Waals surface area contributed by atoms with Crippen LogP contribution < -0.4 is 0 Å². The average Bonchev–Trinajstić information content (AvgIpc) is 2.18. The van der Waals surface area contributed by atoms with Crippen molar-refractivity contribution in [2.75, 3.05) is 0 Å². The molecule has 90 valence electrons. The van der Waals surface area contributed by atoms with Crippen molar-refractivity contribution in [3.05, 3.63) is 34.3 Å². The molecule has 1 rings (SSSR count). The molecule has 1 aromatic carbocycles. The first-order chi connectivity index (χ1) is 7.40. The van der Waals surface area contributed by atoms with Crippen LogP contribution in [0.1, 0.15) is 18.9 Å². The monoisotopic (exact) mass is 312 g/mol.